The number of carbonyl (C=O) groups is 1. The normalized spacial score (nSPS) is 12.2. The van der Waals surface area contributed by atoms with E-state index < -0.39 is 11.9 Å². The molecule has 2 aromatic carbocycles. The van der Waals surface area contributed by atoms with E-state index in [2.05, 4.69) is 0 Å². The molecule has 1 unspecified atom stereocenters. The van der Waals surface area contributed by atoms with Gasteiger partial charge >= 0.3 is 5.97 Å². The largest absolute Gasteiger partial charge is 0.508 e. The summed E-state index contributed by atoms with van der Waals surface area (Å²) in [5.41, 5.74) is 1.42. The van der Waals surface area contributed by atoms with Crippen LogP contribution in [0.5, 0.6) is 11.5 Å². The van der Waals surface area contributed by atoms with E-state index in [4.69, 9.17) is 4.74 Å². The van der Waals surface area contributed by atoms with Crippen LogP contribution in [-0.4, -0.2) is 16.2 Å². The van der Waals surface area contributed by atoms with Crippen molar-refractivity contribution in [2.75, 3.05) is 0 Å². The van der Waals surface area contributed by atoms with Crippen molar-refractivity contribution in [1.82, 2.24) is 0 Å². The van der Waals surface area contributed by atoms with Crippen LogP contribution in [0.1, 0.15) is 24.0 Å². The summed E-state index contributed by atoms with van der Waals surface area (Å²) in [5, 5.41) is 18.8. The quantitative estimate of drug-likeness (QED) is 0.667. The fourth-order valence-corrected chi connectivity index (χ4v) is 1.85. The lowest BCUT2D eigenvalue weighted by atomic mass is 10.0. The third kappa shape index (κ3) is 4.11. The highest BCUT2D eigenvalue weighted by Gasteiger charge is 2.17. The predicted molar refractivity (Wildman–Crippen MR) is 79.8 cm³/mol. The first-order valence-electron chi connectivity index (χ1n) is 6.51. The molecule has 0 aromatic heterocycles. The lowest BCUT2D eigenvalue weighted by Gasteiger charge is -2.10. The molecule has 2 rings (SSSR count). The van der Waals surface area contributed by atoms with Crippen LogP contribution in [0.3, 0.4) is 0 Å². The van der Waals surface area contributed by atoms with E-state index in [1.165, 1.54) is 24.5 Å². The molecule has 0 bridgehead atoms. The first-order valence-corrected chi connectivity index (χ1v) is 6.51. The molecule has 4 heteroatoms. The van der Waals surface area contributed by atoms with Crippen molar-refractivity contribution < 1.29 is 19.7 Å². The maximum Gasteiger partial charge on any atom is 0.317 e. The number of rotatable bonds is 4. The first kappa shape index (κ1) is 14.7. The van der Waals surface area contributed by atoms with Gasteiger partial charge in [0.25, 0.3) is 0 Å². The van der Waals surface area contributed by atoms with Gasteiger partial charge in [0.2, 0.25) is 0 Å². The molecule has 21 heavy (non-hydrogen) atoms. The predicted octanol–water partition coefficient (Wildman–Crippen LogP) is 3.42. The maximum absolute atomic E-state index is 11.9. The molecule has 1 atom stereocenters. The minimum atomic E-state index is -0.594. The zero-order valence-electron chi connectivity index (χ0n) is 11.6. The van der Waals surface area contributed by atoms with Gasteiger partial charge in [-0.2, -0.15) is 0 Å². The number of phenolic OH excluding ortho intramolecular Hbond substituents is 2. The molecule has 0 heterocycles. The molecule has 0 fully saturated rings. The van der Waals surface area contributed by atoms with Gasteiger partial charge in [-0.3, -0.25) is 4.79 Å². The molecule has 0 saturated heterocycles. The van der Waals surface area contributed by atoms with Crippen LogP contribution in [-0.2, 0) is 9.53 Å². The number of hydrogen-bond acceptors (Lipinski definition) is 4. The van der Waals surface area contributed by atoms with Gasteiger partial charge in [0.15, 0.2) is 0 Å². The van der Waals surface area contributed by atoms with Crippen molar-refractivity contribution in [2.24, 2.45) is 0 Å². The van der Waals surface area contributed by atoms with Crippen LogP contribution < -0.4 is 0 Å². The van der Waals surface area contributed by atoms with Crippen LogP contribution in [0.2, 0.25) is 0 Å². The summed E-state index contributed by atoms with van der Waals surface area (Å²) in [5.74, 6) is -1.25. The Kier molecular flexibility index (Phi) is 4.61. The highest BCUT2D eigenvalue weighted by atomic mass is 16.5. The highest BCUT2D eigenvalue weighted by molar-refractivity contribution is 5.79. The minimum Gasteiger partial charge on any atom is -0.508 e. The molecule has 108 valence electrons. The molecular formula is C17H16O4. The Bertz CT molecular complexity index is 627. The number of aromatic hydroxyl groups is 2. The summed E-state index contributed by atoms with van der Waals surface area (Å²) < 4.78 is 5.06. The third-order valence-corrected chi connectivity index (χ3v) is 3.02. The van der Waals surface area contributed by atoms with Crippen molar-refractivity contribution in [3.63, 3.8) is 0 Å². The zero-order valence-corrected chi connectivity index (χ0v) is 11.6. The second kappa shape index (κ2) is 6.61. The molecule has 0 saturated carbocycles. The SMILES string of the molecule is CC(C(=O)OC=Cc1ccccc1)c1cc(O)cc(O)c1. The van der Waals surface area contributed by atoms with Gasteiger partial charge in [-0.15, -0.1) is 0 Å². The molecule has 0 amide bonds. The van der Waals surface area contributed by atoms with Gasteiger partial charge in [0, 0.05) is 6.07 Å². The highest BCUT2D eigenvalue weighted by Crippen LogP contribution is 2.26. The molecule has 2 N–H and O–H groups in total. The third-order valence-electron chi connectivity index (χ3n) is 3.02. The summed E-state index contributed by atoms with van der Waals surface area (Å²) >= 11 is 0. The zero-order chi connectivity index (χ0) is 15.2. The summed E-state index contributed by atoms with van der Waals surface area (Å²) in [6, 6.07) is 13.5. The van der Waals surface area contributed by atoms with Crippen LogP contribution in [0, 0.1) is 0 Å². The van der Waals surface area contributed by atoms with Crippen molar-refractivity contribution in [2.45, 2.75) is 12.8 Å². The Balaban J connectivity index is 2.01. The summed E-state index contributed by atoms with van der Waals surface area (Å²) in [6.07, 6.45) is 3.02. The van der Waals surface area contributed by atoms with E-state index in [-0.39, 0.29) is 11.5 Å². The van der Waals surface area contributed by atoms with Crippen LogP contribution in [0.15, 0.2) is 54.8 Å². The van der Waals surface area contributed by atoms with Crippen molar-refractivity contribution in [3.8, 4) is 11.5 Å². The summed E-state index contributed by atoms with van der Waals surface area (Å²) in [6.45, 7) is 1.65. The van der Waals surface area contributed by atoms with Gasteiger partial charge in [-0.25, -0.2) is 0 Å². The Morgan fingerprint density at radius 3 is 2.33 bits per heavy atom. The van der Waals surface area contributed by atoms with E-state index in [0.717, 1.165) is 5.56 Å². The van der Waals surface area contributed by atoms with Crippen molar-refractivity contribution in [1.29, 1.82) is 0 Å². The lowest BCUT2D eigenvalue weighted by Crippen LogP contribution is -2.10. The van der Waals surface area contributed by atoms with E-state index in [9.17, 15) is 15.0 Å². The molecule has 0 aliphatic heterocycles. The fourth-order valence-electron chi connectivity index (χ4n) is 1.85. The number of hydrogen-bond donors (Lipinski definition) is 2. The molecule has 0 aliphatic carbocycles. The average Bonchev–Trinajstić information content (AvgIpc) is 2.46. The van der Waals surface area contributed by atoms with Gasteiger partial charge in [0.1, 0.15) is 11.5 Å². The van der Waals surface area contributed by atoms with E-state index in [1.54, 1.807) is 13.0 Å². The number of esters is 1. The van der Waals surface area contributed by atoms with Crippen LogP contribution in [0.4, 0.5) is 0 Å². The monoisotopic (exact) mass is 284 g/mol. The van der Waals surface area contributed by atoms with Gasteiger partial charge < -0.3 is 14.9 Å². The molecule has 2 aromatic rings. The van der Waals surface area contributed by atoms with Crippen molar-refractivity contribution >= 4 is 12.0 Å². The Morgan fingerprint density at radius 1 is 1.10 bits per heavy atom. The van der Waals surface area contributed by atoms with Gasteiger partial charge in [0.05, 0.1) is 12.2 Å². The maximum atomic E-state index is 11.9. The van der Waals surface area contributed by atoms with Gasteiger partial charge in [-0.05, 0) is 36.3 Å². The molecular weight excluding hydrogens is 268 g/mol. The fraction of sp³-hybridized carbons (Fsp3) is 0.118. The standard InChI is InChI=1S/C17H16O4/c1-12(14-9-15(18)11-16(19)10-14)17(20)21-8-7-13-5-3-2-4-6-13/h2-12,18-19H,1H3. The smallest absolute Gasteiger partial charge is 0.317 e. The van der Waals surface area contributed by atoms with Crippen LogP contribution >= 0.6 is 0 Å². The molecule has 0 aliphatic rings. The molecule has 4 nitrogen and oxygen atoms in total. The number of carbonyl (C=O) groups excluding carboxylic acids is 1. The Labute approximate surface area is 122 Å². The van der Waals surface area contributed by atoms with Gasteiger partial charge in [-0.1, -0.05) is 30.3 Å². The second-order valence-corrected chi connectivity index (χ2v) is 4.65. The lowest BCUT2D eigenvalue weighted by molar-refractivity contribution is -0.139. The number of phenols is 2. The number of benzene rings is 2. The minimum absolute atomic E-state index is 0.0931. The molecule has 0 spiro atoms. The first-order chi connectivity index (χ1) is 10.1. The topological polar surface area (TPSA) is 66.8 Å². The van der Waals surface area contributed by atoms with Crippen LogP contribution in [0.25, 0.3) is 6.08 Å². The number of ether oxygens (including phenoxy) is 1. The Morgan fingerprint density at radius 2 is 1.71 bits per heavy atom. The Hall–Kier alpha value is -2.75. The van der Waals surface area contributed by atoms with Crippen molar-refractivity contribution in [3.05, 3.63) is 65.9 Å². The van der Waals surface area contributed by atoms with E-state index >= 15 is 0 Å². The van der Waals surface area contributed by atoms with E-state index in [0.29, 0.717) is 5.56 Å². The van der Waals surface area contributed by atoms with E-state index in [1.807, 2.05) is 30.3 Å². The summed E-state index contributed by atoms with van der Waals surface area (Å²) in [4.78, 5) is 11.9. The average molecular weight is 284 g/mol. The summed E-state index contributed by atoms with van der Waals surface area (Å²) in [7, 11) is 0. The second-order valence-electron chi connectivity index (χ2n) is 4.65. The molecule has 0 radical (unpaired) electrons.